The fourth-order valence-electron chi connectivity index (χ4n) is 2.24. The van der Waals surface area contributed by atoms with Crippen LogP contribution in [0, 0.1) is 0 Å². The second kappa shape index (κ2) is 8.91. The molecule has 0 spiro atoms. The fraction of sp³-hybridized carbons (Fsp3) is 0. The highest BCUT2D eigenvalue weighted by atomic mass is 16.2. The highest BCUT2D eigenvalue weighted by Gasteiger charge is 2.22. The molecule has 0 aliphatic heterocycles. The summed E-state index contributed by atoms with van der Waals surface area (Å²) in [6.45, 7) is 0. The smallest absolute Gasteiger partial charge is 0.306 e. The van der Waals surface area contributed by atoms with Gasteiger partial charge in [-0.2, -0.15) is 5.01 Å². The van der Waals surface area contributed by atoms with Gasteiger partial charge in [-0.25, -0.2) is 15.0 Å². The standard InChI is InChI=1S/C20H19N5O2/c26-19(21-16-10-4-1-5-11-16)25(24-18-14-8-3-9-15-18)20(27)23-22-17-12-6-2-7-13-17/h1-15,22,24H,(H,21,26)(H,23,27). The van der Waals surface area contributed by atoms with Crippen LogP contribution in [-0.4, -0.2) is 17.1 Å². The maximum atomic E-state index is 12.6. The molecule has 0 heterocycles. The second-order valence-electron chi connectivity index (χ2n) is 5.53. The minimum atomic E-state index is -0.670. The molecule has 0 atom stereocenters. The van der Waals surface area contributed by atoms with Crippen LogP contribution in [-0.2, 0) is 0 Å². The Labute approximate surface area is 156 Å². The molecule has 7 nitrogen and oxygen atoms in total. The molecular formula is C20H19N5O2. The van der Waals surface area contributed by atoms with E-state index in [1.807, 2.05) is 30.3 Å². The van der Waals surface area contributed by atoms with Crippen LogP contribution in [0.3, 0.4) is 0 Å². The van der Waals surface area contributed by atoms with Crippen molar-refractivity contribution in [1.82, 2.24) is 10.4 Å². The summed E-state index contributed by atoms with van der Waals surface area (Å²) in [4.78, 5) is 25.2. The van der Waals surface area contributed by atoms with Gasteiger partial charge in [0.2, 0.25) is 0 Å². The number of anilines is 3. The number of nitrogens with one attached hydrogen (secondary N) is 4. The predicted octanol–water partition coefficient (Wildman–Crippen LogP) is 4.28. The van der Waals surface area contributed by atoms with Crippen molar-refractivity contribution in [2.24, 2.45) is 0 Å². The highest BCUT2D eigenvalue weighted by Crippen LogP contribution is 2.11. The van der Waals surface area contributed by atoms with Gasteiger partial charge < -0.3 is 5.32 Å². The zero-order valence-corrected chi connectivity index (χ0v) is 14.4. The molecule has 0 bridgehead atoms. The quantitative estimate of drug-likeness (QED) is 0.511. The predicted molar refractivity (Wildman–Crippen MR) is 106 cm³/mol. The lowest BCUT2D eigenvalue weighted by atomic mass is 10.3. The van der Waals surface area contributed by atoms with Crippen LogP contribution in [0.2, 0.25) is 0 Å². The zero-order chi connectivity index (χ0) is 18.9. The van der Waals surface area contributed by atoms with Crippen molar-refractivity contribution in [3.63, 3.8) is 0 Å². The molecular weight excluding hydrogens is 342 g/mol. The Morgan fingerprint density at radius 3 is 1.63 bits per heavy atom. The van der Waals surface area contributed by atoms with Gasteiger partial charge in [0, 0.05) is 5.69 Å². The van der Waals surface area contributed by atoms with E-state index < -0.39 is 12.1 Å². The first-order chi connectivity index (χ1) is 13.2. The number of para-hydroxylation sites is 3. The van der Waals surface area contributed by atoms with Crippen molar-refractivity contribution in [2.45, 2.75) is 0 Å². The van der Waals surface area contributed by atoms with Gasteiger partial charge in [-0.05, 0) is 36.4 Å². The van der Waals surface area contributed by atoms with Crippen molar-refractivity contribution in [3.8, 4) is 0 Å². The van der Waals surface area contributed by atoms with E-state index in [1.54, 1.807) is 60.7 Å². The van der Waals surface area contributed by atoms with E-state index in [0.29, 0.717) is 17.1 Å². The minimum absolute atomic E-state index is 0.575. The lowest BCUT2D eigenvalue weighted by Crippen LogP contribution is -2.50. The van der Waals surface area contributed by atoms with E-state index in [1.165, 1.54) is 0 Å². The summed E-state index contributed by atoms with van der Waals surface area (Å²) in [5.41, 5.74) is 9.93. The van der Waals surface area contributed by atoms with Gasteiger partial charge in [0.1, 0.15) is 0 Å². The first-order valence-corrected chi connectivity index (χ1v) is 8.31. The Hall–Kier alpha value is -4.00. The van der Waals surface area contributed by atoms with Crippen LogP contribution < -0.4 is 21.6 Å². The van der Waals surface area contributed by atoms with E-state index in [-0.39, 0.29) is 0 Å². The summed E-state index contributed by atoms with van der Waals surface area (Å²) < 4.78 is 0. The lowest BCUT2D eigenvalue weighted by Gasteiger charge is -2.23. The zero-order valence-electron chi connectivity index (χ0n) is 14.4. The van der Waals surface area contributed by atoms with E-state index in [0.717, 1.165) is 5.01 Å². The van der Waals surface area contributed by atoms with Gasteiger partial charge in [0.05, 0.1) is 11.4 Å². The van der Waals surface area contributed by atoms with Crippen molar-refractivity contribution in [1.29, 1.82) is 0 Å². The topological polar surface area (TPSA) is 85.5 Å². The summed E-state index contributed by atoms with van der Waals surface area (Å²) in [5.74, 6) is 0. The highest BCUT2D eigenvalue weighted by molar-refractivity contribution is 6.01. The Kier molecular flexibility index (Phi) is 5.88. The van der Waals surface area contributed by atoms with Crippen LogP contribution in [0.5, 0.6) is 0 Å². The number of imide groups is 1. The Balaban J connectivity index is 1.72. The minimum Gasteiger partial charge on any atom is -0.306 e. The molecule has 136 valence electrons. The summed E-state index contributed by atoms with van der Waals surface area (Å²) in [6, 6.07) is 25.7. The molecule has 0 aliphatic rings. The van der Waals surface area contributed by atoms with E-state index in [9.17, 15) is 9.59 Å². The van der Waals surface area contributed by atoms with Gasteiger partial charge in [-0.15, -0.1) is 0 Å². The average molecular weight is 361 g/mol. The van der Waals surface area contributed by atoms with Gasteiger partial charge >= 0.3 is 12.1 Å². The SMILES string of the molecule is O=C(NNc1ccccc1)N(Nc1ccccc1)C(=O)Nc1ccccc1. The van der Waals surface area contributed by atoms with E-state index in [4.69, 9.17) is 0 Å². The molecule has 0 aromatic heterocycles. The van der Waals surface area contributed by atoms with E-state index in [2.05, 4.69) is 21.6 Å². The van der Waals surface area contributed by atoms with Crippen LogP contribution in [0.4, 0.5) is 26.7 Å². The molecule has 27 heavy (non-hydrogen) atoms. The number of benzene rings is 3. The van der Waals surface area contributed by atoms with Crippen LogP contribution >= 0.6 is 0 Å². The van der Waals surface area contributed by atoms with E-state index >= 15 is 0 Å². The third-order valence-corrected chi connectivity index (χ3v) is 3.53. The maximum absolute atomic E-state index is 12.6. The number of carbonyl (C=O) groups is 2. The molecule has 3 aromatic rings. The number of hydrazine groups is 2. The molecule has 0 saturated heterocycles. The van der Waals surface area contributed by atoms with Crippen molar-refractivity contribution in [3.05, 3.63) is 91.0 Å². The molecule has 0 aliphatic carbocycles. The Bertz CT molecular complexity index is 873. The van der Waals surface area contributed by atoms with Crippen molar-refractivity contribution in [2.75, 3.05) is 16.2 Å². The number of nitrogens with zero attached hydrogens (tertiary/aromatic N) is 1. The number of hydrogen-bond acceptors (Lipinski definition) is 4. The largest absolute Gasteiger partial charge is 0.363 e. The van der Waals surface area contributed by atoms with Crippen LogP contribution in [0.1, 0.15) is 0 Å². The van der Waals surface area contributed by atoms with Gasteiger partial charge in [-0.3, -0.25) is 10.9 Å². The number of hydrogen-bond donors (Lipinski definition) is 4. The average Bonchev–Trinajstić information content (AvgIpc) is 2.72. The number of urea groups is 2. The van der Waals surface area contributed by atoms with Crippen LogP contribution in [0.25, 0.3) is 0 Å². The van der Waals surface area contributed by atoms with Crippen molar-refractivity contribution >= 4 is 29.1 Å². The van der Waals surface area contributed by atoms with Crippen LogP contribution in [0.15, 0.2) is 91.0 Å². The summed E-state index contributed by atoms with van der Waals surface area (Å²) >= 11 is 0. The molecule has 0 radical (unpaired) electrons. The second-order valence-corrected chi connectivity index (χ2v) is 5.53. The number of rotatable bonds is 5. The monoisotopic (exact) mass is 361 g/mol. The first-order valence-electron chi connectivity index (χ1n) is 8.31. The molecule has 3 aromatic carbocycles. The number of carbonyl (C=O) groups excluding carboxylic acids is 2. The molecule has 7 heteroatoms. The summed E-state index contributed by atoms with van der Waals surface area (Å²) in [7, 11) is 0. The molecule has 4 N–H and O–H groups in total. The van der Waals surface area contributed by atoms with Gasteiger partial charge in [-0.1, -0.05) is 54.6 Å². The third kappa shape index (κ3) is 5.23. The lowest BCUT2D eigenvalue weighted by molar-refractivity contribution is 0.203. The molecule has 0 fully saturated rings. The van der Waals surface area contributed by atoms with Gasteiger partial charge in [0.25, 0.3) is 0 Å². The summed E-state index contributed by atoms with van der Waals surface area (Å²) in [5, 5.41) is 3.54. The molecule has 0 unspecified atom stereocenters. The molecule has 0 saturated carbocycles. The Morgan fingerprint density at radius 2 is 1.07 bits per heavy atom. The maximum Gasteiger partial charge on any atom is 0.363 e. The first kappa shape index (κ1) is 17.8. The number of amides is 4. The summed E-state index contributed by atoms with van der Waals surface area (Å²) in [6.07, 6.45) is 0. The third-order valence-electron chi connectivity index (χ3n) is 3.53. The molecule has 3 rings (SSSR count). The fourth-order valence-corrected chi connectivity index (χ4v) is 2.24. The Morgan fingerprint density at radius 1 is 0.593 bits per heavy atom. The normalized spacial score (nSPS) is 9.78. The van der Waals surface area contributed by atoms with Gasteiger partial charge in [0.15, 0.2) is 0 Å². The van der Waals surface area contributed by atoms with Crippen molar-refractivity contribution < 1.29 is 9.59 Å². The molecule has 4 amide bonds.